The van der Waals surface area contributed by atoms with Gasteiger partial charge in [0.15, 0.2) is 11.5 Å². The van der Waals surface area contributed by atoms with Crippen molar-refractivity contribution in [3.05, 3.63) is 58.8 Å². The molecule has 1 N–H and O–H groups in total. The molecule has 7 nitrogen and oxygen atoms in total. The zero-order chi connectivity index (χ0) is 23.2. The van der Waals surface area contributed by atoms with E-state index in [1.54, 1.807) is 0 Å². The lowest BCUT2D eigenvalue weighted by Crippen LogP contribution is -2.37. The van der Waals surface area contributed by atoms with Gasteiger partial charge >= 0.3 is 12.1 Å². The van der Waals surface area contributed by atoms with Gasteiger partial charge in [-0.3, -0.25) is 9.69 Å². The van der Waals surface area contributed by atoms with E-state index in [0.717, 1.165) is 17.0 Å². The molecular weight excluding hydrogens is 431 g/mol. The van der Waals surface area contributed by atoms with E-state index >= 15 is 0 Å². The summed E-state index contributed by atoms with van der Waals surface area (Å²) in [6, 6.07) is 7.29. The fourth-order valence-corrected chi connectivity index (χ4v) is 3.97. The van der Waals surface area contributed by atoms with Gasteiger partial charge in [0.1, 0.15) is 6.61 Å². The second-order valence-corrected chi connectivity index (χ2v) is 7.24. The number of carbonyl (C=O) groups excluding carboxylic acids is 2. The van der Waals surface area contributed by atoms with E-state index in [2.05, 4.69) is 0 Å². The Hall–Kier alpha value is -3.69. The SMILES string of the molecule is COc1cc(C2CC(=O)N(c3cccc(C(F)(F)F)c3)C3=C2C(=O)OC3)cc(OC)c1O. The molecule has 1 amide bonds. The molecule has 0 aliphatic carbocycles. The minimum absolute atomic E-state index is 0.00468. The molecule has 0 bridgehead atoms. The highest BCUT2D eigenvalue weighted by atomic mass is 19.4. The molecule has 0 fully saturated rings. The fourth-order valence-electron chi connectivity index (χ4n) is 3.97. The molecule has 4 rings (SSSR count). The summed E-state index contributed by atoms with van der Waals surface area (Å²) in [6.45, 7) is -0.251. The number of esters is 1. The summed E-state index contributed by atoms with van der Waals surface area (Å²) in [4.78, 5) is 26.8. The number of benzene rings is 2. The highest BCUT2D eigenvalue weighted by Crippen LogP contribution is 2.46. The van der Waals surface area contributed by atoms with E-state index < -0.39 is 29.5 Å². The molecule has 0 spiro atoms. The Kier molecular flexibility index (Phi) is 5.23. The van der Waals surface area contributed by atoms with Crippen molar-refractivity contribution in [2.24, 2.45) is 0 Å². The van der Waals surface area contributed by atoms with Gasteiger partial charge in [-0.15, -0.1) is 0 Å². The molecule has 2 aliphatic rings. The van der Waals surface area contributed by atoms with Crippen molar-refractivity contribution in [2.75, 3.05) is 25.7 Å². The van der Waals surface area contributed by atoms with Crippen LogP contribution in [0.3, 0.4) is 0 Å². The lowest BCUT2D eigenvalue weighted by atomic mass is 9.83. The van der Waals surface area contributed by atoms with Gasteiger partial charge in [0.05, 0.1) is 31.1 Å². The summed E-state index contributed by atoms with van der Waals surface area (Å²) in [6.07, 6.45) is -4.79. The second kappa shape index (κ2) is 7.77. The van der Waals surface area contributed by atoms with Gasteiger partial charge in [0.2, 0.25) is 11.7 Å². The maximum Gasteiger partial charge on any atom is 0.416 e. The molecule has 0 saturated carbocycles. The normalized spacial score (nSPS) is 18.5. The Morgan fingerprint density at radius 2 is 1.75 bits per heavy atom. The Labute approximate surface area is 180 Å². The number of nitrogens with zero attached hydrogens (tertiary/aromatic N) is 1. The number of phenols is 1. The van der Waals surface area contributed by atoms with Crippen LogP contribution < -0.4 is 14.4 Å². The Bertz CT molecular complexity index is 1120. The van der Waals surface area contributed by atoms with Gasteiger partial charge in [-0.1, -0.05) is 6.07 Å². The van der Waals surface area contributed by atoms with Crippen LogP contribution in [-0.4, -0.2) is 37.8 Å². The molecule has 0 aromatic heterocycles. The van der Waals surface area contributed by atoms with E-state index in [-0.39, 0.29) is 47.2 Å². The van der Waals surface area contributed by atoms with Crippen LogP contribution in [0.5, 0.6) is 17.2 Å². The number of amides is 1. The number of phenolic OH excluding ortho intramolecular Hbond substituents is 1. The lowest BCUT2D eigenvalue weighted by Gasteiger charge is -2.32. The summed E-state index contributed by atoms with van der Waals surface area (Å²) < 4.78 is 55.0. The second-order valence-electron chi connectivity index (χ2n) is 7.24. The molecule has 1 unspecified atom stereocenters. The number of methoxy groups -OCH3 is 2. The van der Waals surface area contributed by atoms with E-state index in [9.17, 15) is 27.9 Å². The van der Waals surface area contributed by atoms with E-state index in [1.165, 1.54) is 38.5 Å². The number of alkyl halides is 3. The van der Waals surface area contributed by atoms with Crippen molar-refractivity contribution < 1.29 is 42.1 Å². The summed E-state index contributed by atoms with van der Waals surface area (Å²) in [5.41, 5.74) is -0.112. The number of rotatable bonds is 4. The molecule has 1 atom stereocenters. The number of ether oxygens (including phenoxy) is 3. The molecule has 10 heteroatoms. The van der Waals surface area contributed by atoms with Crippen molar-refractivity contribution in [1.29, 1.82) is 0 Å². The molecule has 168 valence electrons. The Morgan fingerprint density at radius 1 is 1.09 bits per heavy atom. The third-order valence-corrected chi connectivity index (χ3v) is 5.45. The van der Waals surface area contributed by atoms with Crippen LogP contribution in [0, 0.1) is 0 Å². The maximum absolute atomic E-state index is 13.2. The molecule has 2 aromatic carbocycles. The number of cyclic esters (lactones) is 1. The first-order valence-corrected chi connectivity index (χ1v) is 9.51. The number of anilines is 1. The van der Waals surface area contributed by atoms with Crippen LogP contribution in [0.15, 0.2) is 47.7 Å². The standard InChI is InChI=1S/C22H18F3NO6/c1-30-16-6-11(7-17(31-2)20(16)28)14-9-18(27)26(15-10-32-21(29)19(14)15)13-5-3-4-12(8-13)22(23,24)25/h3-8,14,28H,9-10H2,1-2H3. The average molecular weight is 449 g/mol. The zero-order valence-electron chi connectivity index (χ0n) is 17.0. The molecule has 0 radical (unpaired) electrons. The topological polar surface area (TPSA) is 85.3 Å². The number of hydrogen-bond acceptors (Lipinski definition) is 6. The van der Waals surface area contributed by atoms with Crippen molar-refractivity contribution in [3.8, 4) is 17.2 Å². The Balaban J connectivity index is 1.84. The van der Waals surface area contributed by atoms with Gasteiger partial charge in [-0.25, -0.2) is 4.79 Å². The third kappa shape index (κ3) is 3.51. The van der Waals surface area contributed by atoms with E-state index in [1.807, 2.05) is 0 Å². The van der Waals surface area contributed by atoms with Crippen molar-refractivity contribution >= 4 is 17.6 Å². The molecule has 0 saturated heterocycles. The van der Waals surface area contributed by atoms with Crippen LogP contribution in [0.4, 0.5) is 18.9 Å². The smallest absolute Gasteiger partial charge is 0.416 e. The van der Waals surface area contributed by atoms with Crippen molar-refractivity contribution in [1.82, 2.24) is 0 Å². The largest absolute Gasteiger partial charge is 0.502 e. The zero-order valence-corrected chi connectivity index (χ0v) is 17.0. The first-order valence-electron chi connectivity index (χ1n) is 9.51. The van der Waals surface area contributed by atoms with Crippen LogP contribution >= 0.6 is 0 Å². The van der Waals surface area contributed by atoms with Crippen LogP contribution in [0.25, 0.3) is 0 Å². The predicted octanol–water partition coefficient (Wildman–Crippen LogP) is 3.76. The minimum atomic E-state index is -4.59. The minimum Gasteiger partial charge on any atom is -0.502 e. The monoisotopic (exact) mass is 449 g/mol. The van der Waals surface area contributed by atoms with Crippen LogP contribution in [-0.2, 0) is 20.5 Å². The van der Waals surface area contributed by atoms with Gasteiger partial charge < -0.3 is 19.3 Å². The Morgan fingerprint density at radius 3 is 2.34 bits per heavy atom. The molecule has 2 heterocycles. The first-order chi connectivity index (χ1) is 15.2. The summed E-state index contributed by atoms with van der Waals surface area (Å²) in [5.74, 6) is -1.99. The van der Waals surface area contributed by atoms with E-state index in [0.29, 0.717) is 5.56 Å². The summed E-state index contributed by atoms with van der Waals surface area (Å²) in [7, 11) is 2.68. The highest BCUT2D eigenvalue weighted by Gasteiger charge is 2.44. The number of halogens is 3. The summed E-state index contributed by atoms with van der Waals surface area (Å²) in [5, 5.41) is 10.2. The highest BCUT2D eigenvalue weighted by molar-refractivity contribution is 6.06. The number of carbonyl (C=O) groups is 2. The number of aromatic hydroxyl groups is 1. The van der Waals surface area contributed by atoms with E-state index in [4.69, 9.17) is 14.2 Å². The maximum atomic E-state index is 13.2. The van der Waals surface area contributed by atoms with Crippen molar-refractivity contribution in [3.63, 3.8) is 0 Å². The average Bonchev–Trinajstić information content (AvgIpc) is 3.14. The lowest BCUT2D eigenvalue weighted by molar-refractivity contribution is -0.138. The first kappa shape index (κ1) is 21.5. The fraction of sp³-hybridized carbons (Fsp3) is 0.273. The third-order valence-electron chi connectivity index (χ3n) is 5.45. The summed E-state index contributed by atoms with van der Waals surface area (Å²) >= 11 is 0. The predicted molar refractivity (Wildman–Crippen MR) is 105 cm³/mol. The van der Waals surface area contributed by atoms with Crippen LogP contribution in [0.1, 0.15) is 23.5 Å². The van der Waals surface area contributed by atoms with Crippen molar-refractivity contribution in [2.45, 2.75) is 18.5 Å². The number of hydrogen-bond donors (Lipinski definition) is 1. The van der Waals surface area contributed by atoms with Gasteiger partial charge in [-0.05, 0) is 35.9 Å². The van der Waals surface area contributed by atoms with Gasteiger partial charge in [-0.2, -0.15) is 13.2 Å². The molecular formula is C22H18F3NO6. The molecule has 32 heavy (non-hydrogen) atoms. The van der Waals surface area contributed by atoms with Gasteiger partial charge in [0.25, 0.3) is 0 Å². The molecule has 2 aromatic rings. The quantitative estimate of drug-likeness (QED) is 0.716. The van der Waals surface area contributed by atoms with Gasteiger partial charge in [0, 0.05) is 18.0 Å². The molecule has 2 aliphatic heterocycles. The van der Waals surface area contributed by atoms with Crippen LogP contribution in [0.2, 0.25) is 0 Å².